The summed E-state index contributed by atoms with van der Waals surface area (Å²) in [5.74, 6) is -0.498. The van der Waals surface area contributed by atoms with E-state index in [2.05, 4.69) is 15.3 Å². The molecule has 4 rings (SSSR count). The molecule has 2 heterocycles. The summed E-state index contributed by atoms with van der Waals surface area (Å²) in [5, 5.41) is 2.84. The Labute approximate surface area is 149 Å². The number of halogens is 1. The van der Waals surface area contributed by atoms with E-state index in [1.54, 1.807) is 36.8 Å². The van der Waals surface area contributed by atoms with Crippen LogP contribution in [0, 0.1) is 5.82 Å². The summed E-state index contributed by atoms with van der Waals surface area (Å²) in [7, 11) is 0. The van der Waals surface area contributed by atoms with Gasteiger partial charge in [0.25, 0.3) is 5.91 Å². The van der Waals surface area contributed by atoms with Crippen LogP contribution < -0.4 is 5.32 Å². The summed E-state index contributed by atoms with van der Waals surface area (Å²) in [6.07, 6.45) is 3.40. The van der Waals surface area contributed by atoms with E-state index in [0.29, 0.717) is 12.1 Å². The number of aromatic nitrogens is 3. The summed E-state index contributed by atoms with van der Waals surface area (Å²) >= 11 is 0. The van der Waals surface area contributed by atoms with Crippen LogP contribution in [0.3, 0.4) is 0 Å². The molecule has 0 aliphatic carbocycles. The first-order valence-electron chi connectivity index (χ1n) is 8.12. The van der Waals surface area contributed by atoms with Gasteiger partial charge in [-0.05, 0) is 48.0 Å². The van der Waals surface area contributed by atoms with Crippen LogP contribution in [0.15, 0.2) is 73.2 Å². The van der Waals surface area contributed by atoms with Gasteiger partial charge in [-0.2, -0.15) is 0 Å². The maximum absolute atomic E-state index is 12.9. The van der Waals surface area contributed by atoms with Gasteiger partial charge in [0.05, 0.1) is 0 Å². The Morgan fingerprint density at radius 2 is 1.88 bits per heavy atom. The lowest BCUT2D eigenvalue weighted by Gasteiger charge is -2.08. The van der Waals surface area contributed by atoms with Crippen molar-refractivity contribution in [3.05, 3.63) is 90.1 Å². The lowest BCUT2D eigenvalue weighted by atomic mass is 10.1. The summed E-state index contributed by atoms with van der Waals surface area (Å²) < 4.78 is 14.8. The smallest absolute Gasteiger partial charge is 0.251 e. The van der Waals surface area contributed by atoms with Crippen LogP contribution >= 0.6 is 0 Å². The van der Waals surface area contributed by atoms with Crippen LogP contribution in [-0.2, 0) is 6.54 Å². The third-order valence-corrected chi connectivity index (χ3v) is 4.06. The number of benzene rings is 2. The Balaban J connectivity index is 1.55. The molecule has 0 saturated heterocycles. The molecule has 0 radical (unpaired) electrons. The minimum absolute atomic E-state index is 0.200. The second kappa shape index (κ2) is 6.76. The normalized spacial score (nSPS) is 10.8. The number of fused-ring (bicyclic) bond motifs is 1. The van der Waals surface area contributed by atoms with E-state index >= 15 is 0 Å². The number of carbonyl (C=O) groups is 1. The molecule has 0 atom stereocenters. The number of imidazole rings is 1. The van der Waals surface area contributed by atoms with Gasteiger partial charge in [0.2, 0.25) is 0 Å². The fraction of sp³-hybridized carbons (Fsp3) is 0.0500. The van der Waals surface area contributed by atoms with E-state index in [1.807, 2.05) is 28.8 Å². The van der Waals surface area contributed by atoms with E-state index in [0.717, 1.165) is 22.4 Å². The molecule has 0 spiro atoms. The second-order valence-corrected chi connectivity index (χ2v) is 5.82. The molecule has 6 heteroatoms. The fourth-order valence-electron chi connectivity index (χ4n) is 2.72. The van der Waals surface area contributed by atoms with Gasteiger partial charge in [-0.3, -0.25) is 9.36 Å². The highest BCUT2D eigenvalue weighted by molar-refractivity contribution is 5.94. The molecule has 5 nitrogen and oxygen atoms in total. The molecular weight excluding hydrogens is 331 g/mol. The summed E-state index contributed by atoms with van der Waals surface area (Å²) in [6, 6.07) is 17.0. The first-order valence-corrected chi connectivity index (χ1v) is 8.12. The SMILES string of the molecule is O=C(NCc1ccc(F)cc1)c1cccc(-n2cnc3cccnc32)c1. The number of hydrogen-bond acceptors (Lipinski definition) is 3. The van der Waals surface area contributed by atoms with E-state index < -0.39 is 0 Å². The van der Waals surface area contributed by atoms with E-state index in [9.17, 15) is 9.18 Å². The number of nitrogens with one attached hydrogen (secondary N) is 1. The Kier molecular flexibility index (Phi) is 4.15. The molecular formula is C20H15FN4O. The Hall–Kier alpha value is -3.54. The molecule has 0 bridgehead atoms. The standard InChI is InChI=1S/C20H15FN4O/c21-16-8-6-14(7-9-16)12-23-20(26)15-3-1-4-17(11-15)25-13-24-18-5-2-10-22-19(18)25/h1-11,13H,12H2,(H,23,26). The van der Waals surface area contributed by atoms with Crippen molar-refractivity contribution in [2.75, 3.05) is 0 Å². The molecule has 0 saturated carbocycles. The molecule has 128 valence electrons. The number of hydrogen-bond donors (Lipinski definition) is 1. The molecule has 0 aliphatic rings. The molecule has 4 aromatic rings. The van der Waals surface area contributed by atoms with E-state index in [4.69, 9.17) is 0 Å². The monoisotopic (exact) mass is 346 g/mol. The van der Waals surface area contributed by atoms with Crippen molar-refractivity contribution in [2.45, 2.75) is 6.54 Å². The Morgan fingerprint density at radius 1 is 1.04 bits per heavy atom. The average molecular weight is 346 g/mol. The predicted molar refractivity (Wildman–Crippen MR) is 96.4 cm³/mol. The van der Waals surface area contributed by atoms with E-state index in [1.165, 1.54) is 12.1 Å². The van der Waals surface area contributed by atoms with Gasteiger partial charge < -0.3 is 5.32 Å². The summed E-state index contributed by atoms with van der Waals surface area (Å²) in [4.78, 5) is 21.1. The maximum atomic E-state index is 12.9. The van der Waals surface area contributed by atoms with Crippen LogP contribution in [0.2, 0.25) is 0 Å². The number of amides is 1. The van der Waals surface area contributed by atoms with Crippen LogP contribution in [-0.4, -0.2) is 20.4 Å². The zero-order chi connectivity index (χ0) is 17.9. The Bertz CT molecular complexity index is 1070. The summed E-state index contributed by atoms with van der Waals surface area (Å²) in [5.41, 5.74) is 3.69. The highest BCUT2D eigenvalue weighted by Crippen LogP contribution is 2.17. The third-order valence-electron chi connectivity index (χ3n) is 4.06. The van der Waals surface area contributed by atoms with Crippen molar-refractivity contribution in [1.82, 2.24) is 19.9 Å². The fourth-order valence-corrected chi connectivity index (χ4v) is 2.72. The number of rotatable bonds is 4. The Morgan fingerprint density at radius 3 is 2.73 bits per heavy atom. The minimum atomic E-state index is -0.297. The quantitative estimate of drug-likeness (QED) is 0.615. The molecule has 0 aliphatic heterocycles. The molecule has 2 aromatic heterocycles. The van der Waals surface area contributed by atoms with Crippen LogP contribution in [0.1, 0.15) is 15.9 Å². The lowest BCUT2D eigenvalue weighted by Crippen LogP contribution is -2.22. The molecule has 1 amide bonds. The van der Waals surface area contributed by atoms with Crippen molar-refractivity contribution in [3.63, 3.8) is 0 Å². The molecule has 1 N–H and O–H groups in total. The minimum Gasteiger partial charge on any atom is -0.348 e. The number of pyridine rings is 1. The predicted octanol–water partition coefficient (Wildman–Crippen LogP) is 3.49. The summed E-state index contributed by atoms with van der Waals surface area (Å²) in [6.45, 7) is 0.332. The van der Waals surface area contributed by atoms with Gasteiger partial charge in [-0.15, -0.1) is 0 Å². The van der Waals surface area contributed by atoms with Crippen molar-refractivity contribution >= 4 is 17.1 Å². The zero-order valence-electron chi connectivity index (χ0n) is 13.8. The average Bonchev–Trinajstić information content (AvgIpc) is 3.11. The molecule has 2 aromatic carbocycles. The third kappa shape index (κ3) is 3.17. The van der Waals surface area contributed by atoms with Gasteiger partial charge in [0.1, 0.15) is 17.7 Å². The van der Waals surface area contributed by atoms with E-state index in [-0.39, 0.29) is 11.7 Å². The van der Waals surface area contributed by atoms with Gasteiger partial charge in [0.15, 0.2) is 5.65 Å². The second-order valence-electron chi connectivity index (χ2n) is 5.82. The van der Waals surface area contributed by atoms with Crippen molar-refractivity contribution in [1.29, 1.82) is 0 Å². The number of carbonyl (C=O) groups excluding carboxylic acids is 1. The van der Waals surface area contributed by atoms with Crippen LogP contribution in [0.4, 0.5) is 4.39 Å². The van der Waals surface area contributed by atoms with Gasteiger partial charge in [-0.1, -0.05) is 18.2 Å². The largest absolute Gasteiger partial charge is 0.348 e. The first-order chi connectivity index (χ1) is 12.7. The highest BCUT2D eigenvalue weighted by atomic mass is 19.1. The van der Waals surface area contributed by atoms with Crippen molar-refractivity contribution in [2.24, 2.45) is 0 Å². The maximum Gasteiger partial charge on any atom is 0.251 e. The topological polar surface area (TPSA) is 59.8 Å². The van der Waals surface area contributed by atoms with Gasteiger partial charge in [-0.25, -0.2) is 14.4 Å². The zero-order valence-corrected chi connectivity index (χ0v) is 13.8. The molecule has 26 heavy (non-hydrogen) atoms. The van der Waals surface area contributed by atoms with Crippen molar-refractivity contribution in [3.8, 4) is 5.69 Å². The number of nitrogens with zero attached hydrogens (tertiary/aromatic N) is 3. The molecule has 0 unspecified atom stereocenters. The highest BCUT2D eigenvalue weighted by Gasteiger charge is 2.09. The lowest BCUT2D eigenvalue weighted by molar-refractivity contribution is 0.0951. The van der Waals surface area contributed by atoms with Crippen LogP contribution in [0.25, 0.3) is 16.9 Å². The van der Waals surface area contributed by atoms with Gasteiger partial charge in [0, 0.05) is 24.0 Å². The van der Waals surface area contributed by atoms with Crippen LogP contribution in [0.5, 0.6) is 0 Å². The van der Waals surface area contributed by atoms with Gasteiger partial charge >= 0.3 is 0 Å². The van der Waals surface area contributed by atoms with Crippen molar-refractivity contribution < 1.29 is 9.18 Å². The molecule has 0 fully saturated rings. The first kappa shape index (κ1) is 16.0.